The van der Waals surface area contributed by atoms with E-state index < -0.39 is 29.6 Å². The van der Waals surface area contributed by atoms with Gasteiger partial charge in [-0.1, -0.05) is 61.0 Å². The van der Waals surface area contributed by atoms with Gasteiger partial charge in [-0.05, 0) is 85.2 Å². The van der Waals surface area contributed by atoms with Crippen molar-refractivity contribution in [3.8, 4) is 5.75 Å². The Bertz CT molecular complexity index is 2200. The first-order valence-electron chi connectivity index (χ1n) is 18.9. The van der Waals surface area contributed by atoms with E-state index in [1.165, 1.54) is 6.33 Å². The zero-order valence-electron chi connectivity index (χ0n) is 31.7. The lowest BCUT2D eigenvalue weighted by Crippen LogP contribution is -2.57. The van der Waals surface area contributed by atoms with E-state index >= 15 is 0 Å². The van der Waals surface area contributed by atoms with Crippen molar-refractivity contribution in [2.45, 2.75) is 83.1 Å². The van der Waals surface area contributed by atoms with Crippen molar-refractivity contribution in [1.82, 2.24) is 35.5 Å². The van der Waals surface area contributed by atoms with E-state index in [1.54, 1.807) is 17.0 Å². The van der Waals surface area contributed by atoms with Gasteiger partial charge in [0.2, 0.25) is 23.7 Å². The summed E-state index contributed by atoms with van der Waals surface area (Å²) in [6.45, 7) is 4.79. The molecule has 15 heteroatoms. The molecule has 294 valence electrons. The van der Waals surface area contributed by atoms with E-state index in [2.05, 4.69) is 35.9 Å². The number of imidazole rings is 1. The van der Waals surface area contributed by atoms with Crippen LogP contribution in [-0.4, -0.2) is 84.9 Å². The van der Waals surface area contributed by atoms with Crippen LogP contribution in [0.15, 0.2) is 77.9 Å². The summed E-state index contributed by atoms with van der Waals surface area (Å²) in [5.74, 6) is -1.03. The first kappa shape index (κ1) is 39.6. The third-order valence-corrected chi connectivity index (χ3v) is 10.4. The number of phenolic OH excluding ortho intramolecular Hbond substituents is 1. The van der Waals surface area contributed by atoms with Gasteiger partial charge in [-0.3, -0.25) is 24.2 Å². The quantitative estimate of drug-likeness (QED) is 0.0643. The minimum Gasteiger partial charge on any atom is -0.508 e. The monoisotopic (exact) mass is 762 g/mol. The van der Waals surface area contributed by atoms with Gasteiger partial charge in [-0.25, -0.2) is 4.98 Å². The molecule has 10 N–H and O–H groups in total. The Kier molecular flexibility index (Phi) is 12.8. The highest BCUT2D eigenvalue weighted by atomic mass is 16.3. The number of phenols is 1. The van der Waals surface area contributed by atoms with Gasteiger partial charge >= 0.3 is 0 Å². The normalized spacial score (nSPS) is 15.5. The van der Waals surface area contributed by atoms with Gasteiger partial charge in [0.1, 0.15) is 17.8 Å². The number of carbonyl (C=O) groups excluding carboxylic acids is 3. The second-order valence-corrected chi connectivity index (χ2v) is 14.5. The molecule has 2 aromatic heterocycles. The molecule has 0 bridgehead atoms. The van der Waals surface area contributed by atoms with Crippen LogP contribution in [0, 0.1) is 13.8 Å². The second-order valence-electron chi connectivity index (χ2n) is 14.5. The van der Waals surface area contributed by atoms with E-state index in [0.29, 0.717) is 38.8 Å². The Morgan fingerprint density at radius 3 is 2.39 bits per heavy atom. The number of anilines is 1. The number of aromatic amines is 2. The number of nitrogens with zero attached hydrogens (tertiary/aromatic N) is 3. The molecule has 3 heterocycles. The molecule has 15 nitrogen and oxygen atoms in total. The number of aromatic hydroxyl groups is 1. The second kappa shape index (κ2) is 18.0. The van der Waals surface area contributed by atoms with Crippen molar-refractivity contribution in [2.75, 3.05) is 18.4 Å². The first-order chi connectivity index (χ1) is 27.0. The SMILES string of the molecule is Cc1cc(O)cc(C)c1C[C@H](Nc1nc2nc[nH]c2c(=O)[nH]1)C(=O)N1Cc2ccccc2CC1CN[C@@H](CCCCN)C(=O)N[C@@H](Cc1ccccc1)C(N)=O. The van der Waals surface area contributed by atoms with Crippen molar-refractivity contribution < 1.29 is 19.5 Å². The number of carbonyl (C=O) groups is 3. The highest BCUT2D eigenvalue weighted by Crippen LogP contribution is 2.27. The molecule has 1 aliphatic heterocycles. The number of unbranched alkanes of at least 4 members (excludes halogenated alkanes) is 1. The van der Waals surface area contributed by atoms with E-state index in [-0.39, 0.29) is 60.1 Å². The molecule has 0 spiro atoms. The van der Waals surface area contributed by atoms with Crippen molar-refractivity contribution in [3.63, 3.8) is 0 Å². The van der Waals surface area contributed by atoms with Crippen LogP contribution in [0.4, 0.5) is 5.95 Å². The molecule has 6 rings (SSSR count). The lowest BCUT2D eigenvalue weighted by molar-refractivity contribution is -0.135. The summed E-state index contributed by atoms with van der Waals surface area (Å²) in [5.41, 5.74) is 17.0. The summed E-state index contributed by atoms with van der Waals surface area (Å²) in [6.07, 6.45) is 4.20. The zero-order valence-corrected chi connectivity index (χ0v) is 31.7. The summed E-state index contributed by atoms with van der Waals surface area (Å²) >= 11 is 0. The van der Waals surface area contributed by atoms with Crippen LogP contribution in [0.3, 0.4) is 0 Å². The number of nitrogens with two attached hydrogens (primary N) is 2. The molecule has 0 aliphatic carbocycles. The third kappa shape index (κ3) is 9.59. The Hall–Kier alpha value is -6.06. The molecule has 4 atom stereocenters. The standard InChI is InChI=1S/C41H50N10O5/c1-24-16-30(52)17-25(2)31(24)20-34(48-41-49-37-35(39(55)50-41)45-23-46-37)40(56)51-22-28-13-7-6-12-27(28)19-29(51)21-44-32(14-8-9-15-42)38(54)47-33(36(43)53)18-26-10-4-3-5-11-26/h3-7,10-13,16-17,23,29,32-34,44,52H,8-9,14-15,18-22,42H2,1-2H3,(H2,43,53)(H,47,54)(H3,45,46,48,49,50,55)/t29?,32-,33-,34-/m0/s1. The smallest absolute Gasteiger partial charge is 0.278 e. The summed E-state index contributed by atoms with van der Waals surface area (Å²) in [7, 11) is 0. The average molecular weight is 763 g/mol. The minimum atomic E-state index is -0.914. The van der Waals surface area contributed by atoms with Crippen molar-refractivity contribution in [2.24, 2.45) is 11.5 Å². The predicted molar refractivity (Wildman–Crippen MR) is 214 cm³/mol. The van der Waals surface area contributed by atoms with Crippen molar-refractivity contribution >= 4 is 34.8 Å². The highest BCUT2D eigenvalue weighted by molar-refractivity contribution is 5.89. The largest absolute Gasteiger partial charge is 0.508 e. The van der Waals surface area contributed by atoms with Gasteiger partial charge in [-0.15, -0.1) is 0 Å². The fraction of sp³-hybridized carbons (Fsp3) is 0.366. The van der Waals surface area contributed by atoms with Crippen LogP contribution in [0.5, 0.6) is 5.75 Å². The lowest BCUT2D eigenvalue weighted by atomic mass is 9.91. The summed E-state index contributed by atoms with van der Waals surface area (Å²) in [4.78, 5) is 70.2. The lowest BCUT2D eigenvalue weighted by Gasteiger charge is -2.40. The fourth-order valence-corrected chi connectivity index (χ4v) is 7.44. The molecule has 1 unspecified atom stereocenters. The number of primary amides is 1. The molecule has 3 aromatic carbocycles. The third-order valence-electron chi connectivity index (χ3n) is 10.4. The number of hydrogen-bond donors (Lipinski definition) is 8. The van der Waals surface area contributed by atoms with Gasteiger partial charge < -0.3 is 42.4 Å². The number of H-pyrrole nitrogens is 2. The number of fused-ring (bicyclic) bond motifs is 2. The molecule has 3 amide bonds. The molecule has 0 radical (unpaired) electrons. The van der Waals surface area contributed by atoms with Gasteiger partial charge in [0.05, 0.1) is 12.4 Å². The first-order valence-corrected chi connectivity index (χ1v) is 18.9. The van der Waals surface area contributed by atoms with Gasteiger partial charge in [0.25, 0.3) is 5.56 Å². The zero-order chi connectivity index (χ0) is 39.8. The van der Waals surface area contributed by atoms with Gasteiger partial charge in [0, 0.05) is 32.0 Å². The summed E-state index contributed by atoms with van der Waals surface area (Å²) in [5, 5.41) is 19.8. The topological polar surface area (TPSA) is 237 Å². The molecular formula is C41H50N10O5. The van der Waals surface area contributed by atoms with Crippen LogP contribution in [-0.2, 0) is 40.2 Å². The van der Waals surface area contributed by atoms with E-state index in [0.717, 1.165) is 33.4 Å². The van der Waals surface area contributed by atoms with Crippen molar-refractivity contribution in [1.29, 1.82) is 0 Å². The number of amides is 3. The summed E-state index contributed by atoms with van der Waals surface area (Å²) in [6, 6.07) is 17.7. The van der Waals surface area contributed by atoms with Gasteiger partial charge in [0.15, 0.2) is 11.2 Å². The van der Waals surface area contributed by atoms with Crippen molar-refractivity contribution in [3.05, 3.63) is 117 Å². The maximum Gasteiger partial charge on any atom is 0.278 e. The Morgan fingerprint density at radius 2 is 1.68 bits per heavy atom. The molecule has 0 saturated heterocycles. The molecule has 0 fully saturated rings. The van der Waals surface area contributed by atoms with Crippen LogP contribution < -0.4 is 33.0 Å². The van der Waals surface area contributed by atoms with Crippen LogP contribution in [0.25, 0.3) is 11.2 Å². The van der Waals surface area contributed by atoms with Crippen LogP contribution >= 0.6 is 0 Å². The molecular weight excluding hydrogens is 713 g/mol. The Balaban J connectivity index is 1.29. The molecule has 5 aromatic rings. The maximum absolute atomic E-state index is 15.0. The summed E-state index contributed by atoms with van der Waals surface area (Å²) < 4.78 is 0. The Labute approximate surface area is 324 Å². The Morgan fingerprint density at radius 1 is 0.964 bits per heavy atom. The maximum atomic E-state index is 15.0. The van der Waals surface area contributed by atoms with E-state index in [1.807, 2.05) is 68.4 Å². The number of nitrogens with one attached hydrogen (secondary N) is 5. The number of aromatic nitrogens is 4. The molecule has 1 aliphatic rings. The molecule has 56 heavy (non-hydrogen) atoms. The van der Waals surface area contributed by atoms with Crippen LogP contribution in [0.2, 0.25) is 0 Å². The van der Waals surface area contributed by atoms with Crippen LogP contribution in [0.1, 0.15) is 52.6 Å². The number of rotatable bonds is 17. The predicted octanol–water partition coefficient (Wildman–Crippen LogP) is 2.25. The number of aryl methyl sites for hydroxylation is 2. The number of hydrogen-bond acceptors (Lipinski definition) is 10. The minimum absolute atomic E-state index is 0.0882. The molecule has 0 saturated carbocycles. The number of benzene rings is 3. The average Bonchev–Trinajstić information content (AvgIpc) is 3.66. The van der Waals surface area contributed by atoms with E-state index in [9.17, 15) is 24.3 Å². The fourth-order valence-electron chi connectivity index (χ4n) is 7.44. The van der Waals surface area contributed by atoms with E-state index in [4.69, 9.17) is 11.5 Å². The van der Waals surface area contributed by atoms with Gasteiger partial charge in [-0.2, -0.15) is 4.98 Å². The highest BCUT2D eigenvalue weighted by Gasteiger charge is 2.36.